The van der Waals surface area contributed by atoms with Crippen molar-refractivity contribution in [1.82, 2.24) is 5.32 Å². The van der Waals surface area contributed by atoms with Gasteiger partial charge in [-0.05, 0) is 56.7 Å². The first-order chi connectivity index (χ1) is 10.0. The SMILES string of the molecule is CCCNC(C)(CO)CCCCSc1ccc(F)c(F)c1. The van der Waals surface area contributed by atoms with Crippen LogP contribution in [0.1, 0.15) is 39.5 Å². The summed E-state index contributed by atoms with van der Waals surface area (Å²) in [7, 11) is 0. The Kier molecular flexibility index (Phi) is 8.22. The topological polar surface area (TPSA) is 32.3 Å². The number of aliphatic hydroxyl groups is 1. The van der Waals surface area contributed by atoms with Crippen molar-refractivity contribution < 1.29 is 13.9 Å². The number of aliphatic hydroxyl groups excluding tert-OH is 1. The largest absolute Gasteiger partial charge is 0.394 e. The van der Waals surface area contributed by atoms with Gasteiger partial charge in [0, 0.05) is 10.4 Å². The van der Waals surface area contributed by atoms with Gasteiger partial charge in [0.1, 0.15) is 0 Å². The third-order valence-electron chi connectivity index (χ3n) is 3.43. The van der Waals surface area contributed by atoms with Crippen molar-refractivity contribution in [3.8, 4) is 0 Å². The predicted octanol–water partition coefficient (Wildman–Crippen LogP) is 3.98. The maximum atomic E-state index is 13.1. The van der Waals surface area contributed by atoms with Crippen LogP contribution < -0.4 is 5.32 Å². The second-order valence-electron chi connectivity index (χ2n) is 5.53. The van der Waals surface area contributed by atoms with Gasteiger partial charge in [0.15, 0.2) is 11.6 Å². The van der Waals surface area contributed by atoms with Crippen LogP contribution in [0.5, 0.6) is 0 Å². The fourth-order valence-electron chi connectivity index (χ4n) is 2.02. The zero-order valence-electron chi connectivity index (χ0n) is 12.8. The van der Waals surface area contributed by atoms with E-state index in [2.05, 4.69) is 12.2 Å². The van der Waals surface area contributed by atoms with Gasteiger partial charge >= 0.3 is 0 Å². The van der Waals surface area contributed by atoms with Gasteiger partial charge in [-0.1, -0.05) is 13.3 Å². The van der Waals surface area contributed by atoms with Crippen LogP contribution >= 0.6 is 11.8 Å². The van der Waals surface area contributed by atoms with Gasteiger partial charge in [-0.25, -0.2) is 8.78 Å². The minimum atomic E-state index is -0.805. The lowest BCUT2D eigenvalue weighted by Gasteiger charge is -2.28. The second kappa shape index (κ2) is 9.38. The molecule has 1 unspecified atom stereocenters. The van der Waals surface area contributed by atoms with Gasteiger partial charge in [-0.15, -0.1) is 11.8 Å². The van der Waals surface area contributed by atoms with E-state index in [0.29, 0.717) is 0 Å². The minimum absolute atomic E-state index is 0.128. The number of hydrogen-bond donors (Lipinski definition) is 2. The lowest BCUT2D eigenvalue weighted by molar-refractivity contribution is 0.163. The smallest absolute Gasteiger partial charge is 0.159 e. The summed E-state index contributed by atoms with van der Waals surface area (Å²) in [6, 6.07) is 4.00. The Balaban J connectivity index is 2.25. The number of thioether (sulfide) groups is 1. The van der Waals surface area contributed by atoms with Gasteiger partial charge in [0.2, 0.25) is 0 Å². The lowest BCUT2D eigenvalue weighted by Crippen LogP contribution is -2.46. The van der Waals surface area contributed by atoms with Crippen molar-refractivity contribution in [3.63, 3.8) is 0 Å². The van der Waals surface area contributed by atoms with Crippen LogP contribution in [0.25, 0.3) is 0 Å². The maximum Gasteiger partial charge on any atom is 0.159 e. The molecule has 5 heteroatoms. The Hall–Kier alpha value is -0.650. The van der Waals surface area contributed by atoms with Crippen molar-refractivity contribution in [2.24, 2.45) is 0 Å². The molecule has 0 aromatic heterocycles. The first-order valence-corrected chi connectivity index (χ1v) is 8.43. The Morgan fingerprint density at radius 3 is 2.62 bits per heavy atom. The number of rotatable bonds is 10. The molecule has 0 aliphatic rings. The highest BCUT2D eigenvalue weighted by Gasteiger charge is 2.21. The van der Waals surface area contributed by atoms with Gasteiger partial charge in [0.25, 0.3) is 0 Å². The van der Waals surface area contributed by atoms with E-state index in [9.17, 15) is 13.9 Å². The quantitative estimate of drug-likeness (QED) is 0.506. The molecule has 0 aliphatic heterocycles. The van der Waals surface area contributed by atoms with Crippen molar-refractivity contribution in [3.05, 3.63) is 29.8 Å². The van der Waals surface area contributed by atoms with E-state index in [1.807, 2.05) is 6.92 Å². The van der Waals surface area contributed by atoms with Crippen LogP contribution in [0.3, 0.4) is 0 Å². The maximum absolute atomic E-state index is 13.1. The van der Waals surface area contributed by atoms with Crippen LogP contribution in [0.15, 0.2) is 23.1 Å². The van der Waals surface area contributed by atoms with E-state index in [0.717, 1.165) is 48.9 Å². The normalized spacial score (nSPS) is 14.1. The molecule has 1 atom stereocenters. The number of nitrogens with one attached hydrogen (secondary N) is 1. The summed E-state index contributed by atoms with van der Waals surface area (Å²) in [5.41, 5.74) is -0.220. The molecule has 0 saturated heterocycles. The highest BCUT2D eigenvalue weighted by Crippen LogP contribution is 2.22. The molecule has 0 fully saturated rings. The molecule has 0 aliphatic carbocycles. The van der Waals surface area contributed by atoms with Crippen LogP contribution in [0.2, 0.25) is 0 Å². The molecule has 0 saturated carbocycles. The average molecular weight is 317 g/mol. The van der Waals surface area contributed by atoms with Crippen LogP contribution in [-0.4, -0.2) is 29.5 Å². The van der Waals surface area contributed by atoms with Gasteiger partial charge < -0.3 is 10.4 Å². The van der Waals surface area contributed by atoms with E-state index >= 15 is 0 Å². The first-order valence-electron chi connectivity index (χ1n) is 7.44. The fraction of sp³-hybridized carbons (Fsp3) is 0.625. The summed E-state index contributed by atoms with van der Waals surface area (Å²) in [6.45, 7) is 5.17. The number of unbranched alkanes of at least 4 members (excludes halogenated alkanes) is 1. The van der Waals surface area contributed by atoms with Crippen LogP contribution in [-0.2, 0) is 0 Å². The molecule has 0 bridgehead atoms. The molecule has 1 rings (SSSR count). The third-order valence-corrected chi connectivity index (χ3v) is 4.51. The fourth-order valence-corrected chi connectivity index (χ4v) is 2.96. The predicted molar refractivity (Wildman–Crippen MR) is 84.7 cm³/mol. The molecule has 0 heterocycles. The average Bonchev–Trinajstić information content (AvgIpc) is 2.48. The summed E-state index contributed by atoms with van der Waals surface area (Å²) in [6.07, 6.45) is 3.92. The zero-order chi connectivity index (χ0) is 15.7. The van der Waals surface area contributed by atoms with E-state index in [4.69, 9.17) is 0 Å². The molecule has 21 heavy (non-hydrogen) atoms. The Morgan fingerprint density at radius 2 is 2.00 bits per heavy atom. The number of halogens is 2. The molecule has 1 aromatic carbocycles. The number of hydrogen-bond acceptors (Lipinski definition) is 3. The van der Waals surface area contributed by atoms with Gasteiger partial charge in [0.05, 0.1) is 6.61 Å². The lowest BCUT2D eigenvalue weighted by atomic mass is 9.96. The monoisotopic (exact) mass is 317 g/mol. The van der Waals surface area contributed by atoms with Crippen LogP contribution in [0.4, 0.5) is 8.78 Å². The van der Waals surface area contributed by atoms with Gasteiger partial charge in [-0.3, -0.25) is 0 Å². The summed E-state index contributed by atoms with van der Waals surface area (Å²) in [4.78, 5) is 0.753. The summed E-state index contributed by atoms with van der Waals surface area (Å²) in [5, 5.41) is 12.8. The van der Waals surface area contributed by atoms with Crippen LogP contribution in [0, 0.1) is 11.6 Å². The van der Waals surface area contributed by atoms with Crippen molar-refractivity contribution >= 4 is 11.8 Å². The molecule has 2 N–H and O–H groups in total. The standard InChI is InChI=1S/C16H25F2NOS/c1-3-9-19-16(2,12-20)8-4-5-10-21-13-6-7-14(17)15(18)11-13/h6-7,11,19-20H,3-5,8-10,12H2,1-2H3. The van der Waals surface area contributed by atoms with E-state index in [1.54, 1.807) is 6.07 Å². The minimum Gasteiger partial charge on any atom is -0.394 e. The highest BCUT2D eigenvalue weighted by atomic mass is 32.2. The van der Waals surface area contributed by atoms with Crippen molar-refractivity contribution in [2.45, 2.75) is 50.0 Å². The van der Waals surface area contributed by atoms with Gasteiger partial charge in [-0.2, -0.15) is 0 Å². The molecule has 120 valence electrons. The zero-order valence-corrected chi connectivity index (χ0v) is 13.6. The second-order valence-corrected chi connectivity index (χ2v) is 6.70. The summed E-state index contributed by atoms with van der Waals surface area (Å²) >= 11 is 1.53. The Bertz CT molecular complexity index is 431. The molecule has 0 amide bonds. The number of benzene rings is 1. The molecule has 0 radical (unpaired) electrons. The van der Waals surface area contributed by atoms with E-state index in [1.165, 1.54) is 17.8 Å². The molecule has 1 aromatic rings. The molecular formula is C16H25F2NOS. The van der Waals surface area contributed by atoms with E-state index in [-0.39, 0.29) is 12.1 Å². The first kappa shape index (κ1) is 18.4. The van der Waals surface area contributed by atoms with Crippen molar-refractivity contribution in [1.29, 1.82) is 0 Å². The third kappa shape index (κ3) is 6.76. The Morgan fingerprint density at radius 1 is 1.24 bits per heavy atom. The summed E-state index contributed by atoms with van der Waals surface area (Å²) in [5.74, 6) is -0.739. The molecule has 0 spiro atoms. The molecular weight excluding hydrogens is 292 g/mol. The highest BCUT2D eigenvalue weighted by molar-refractivity contribution is 7.99. The molecule has 2 nitrogen and oxygen atoms in total. The van der Waals surface area contributed by atoms with E-state index < -0.39 is 11.6 Å². The van der Waals surface area contributed by atoms with Crippen molar-refractivity contribution in [2.75, 3.05) is 18.9 Å². The Labute approximate surface area is 130 Å². The summed E-state index contributed by atoms with van der Waals surface area (Å²) < 4.78 is 25.8.